The van der Waals surface area contributed by atoms with Crippen molar-refractivity contribution in [3.63, 3.8) is 0 Å². The van der Waals surface area contributed by atoms with Crippen LogP contribution in [0.4, 0.5) is 4.79 Å². The molecule has 1 amide bonds. The van der Waals surface area contributed by atoms with Crippen molar-refractivity contribution in [2.45, 2.75) is 65.0 Å². The number of nitrogens with zero attached hydrogens (tertiary/aromatic N) is 1. The van der Waals surface area contributed by atoms with Gasteiger partial charge in [0, 0.05) is 6.54 Å². The molecule has 2 saturated heterocycles. The highest BCUT2D eigenvalue weighted by molar-refractivity contribution is 5.71. The lowest BCUT2D eigenvalue weighted by Crippen LogP contribution is -2.52. The summed E-state index contributed by atoms with van der Waals surface area (Å²) in [7, 11) is 0. The molecular formula is C14H25NO2. The Labute approximate surface area is 105 Å². The molecular weight excluding hydrogens is 214 g/mol. The Bertz CT molecular complexity index is 291. The summed E-state index contributed by atoms with van der Waals surface area (Å²) in [4.78, 5) is 14.1. The Morgan fingerprint density at radius 2 is 1.82 bits per heavy atom. The molecule has 1 atom stereocenters. The number of carbonyl (C=O) groups is 1. The molecule has 2 fully saturated rings. The maximum absolute atomic E-state index is 12.1. The predicted molar refractivity (Wildman–Crippen MR) is 67.9 cm³/mol. The van der Waals surface area contributed by atoms with E-state index in [2.05, 4.69) is 27.7 Å². The van der Waals surface area contributed by atoms with Crippen LogP contribution in [-0.4, -0.2) is 29.2 Å². The normalized spacial score (nSPS) is 28.2. The zero-order valence-electron chi connectivity index (χ0n) is 11.5. The van der Waals surface area contributed by atoms with Crippen molar-refractivity contribution < 1.29 is 9.53 Å². The number of carbonyl (C=O) groups excluding carboxylic acids is 1. The molecule has 2 aliphatic heterocycles. The van der Waals surface area contributed by atoms with E-state index < -0.39 is 0 Å². The second-order valence-electron chi connectivity index (χ2n) is 6.09. The lowest BCUT2D eigenvalue weighted by molar-refractivity contribution is -0.0471. The molecule has 0 radical (unpaired) electrons. The van der Waals surface area contributed by atoms with Gasteiger partial charge >= 0.3 is 6.09 Å². The summed E-state index contributed by atoms with van der Waals surface area (Å²) >= 11 is 0. The number of cyclic esters (lactones) is 1. The minimum atomic E-state index is -0.276. The third kappa shape index (κ3) is 1.84. The summed E-state index contributed by atoms with van der Waals surface area (Å²) in [6, 6.07) is 0.289. The van der Waals surface area contributed by atoms with E-state index in [1.165, 1.54) is 12.8 Å². The fraction of sp³-hybridized carbons (Fsp3) is 0.929. The van der Waals surface area contributed by atoms with Crippen LogP contribution in [0.15, 0.2) is 0 Å². The average molecular weight is 239 g/mol. The molecule has 0 spiro atoms. The van der Waals surface area contributed by atoms with Crippen LogP contribution in [0, 0.1) is 11.8 Å². The van der Waals surface area contributed by atoms with Crippen LogP contribution in [0.5, 0.6) is 0 Å². The summed E-state index contributed by atoms with van der Waals surface area (Å²) in [6.07, 6.45) is 4.60. The molecule has 3 heteroatoms. The Kier molecular flexibility index (Phi) is 3.37. The molecule has 17 heavy (non-hydrogen) atoms. The predicted octanol–water partition coefficient (Wildman–Crippen LogP) is 3.43. The Morgan fingerprint density at radius 3 is 2.41 bits per heavy atom. The van der Waals surface area contributed by atoms with E-state index in [0.29, 0.717) is 11.8 Å². The fourth-order valence-corrected chi connectivity index (χ4v) is 3.75. The zero-order valence-corrected chi connectivity index (χ0v) is 11.5. The standard InChI is InChI=1S/C14H25NO2/c1-10(2)14(11(3)4)12-8-6-5-7-9-15(12)13(16)17-14/h10-12H,5-9H2,1-4H3. The molecule has 0 aromatic rings. The number of ether oxygens (including phenoxy) is 1. The molecule has 0 saturated carbocycles. The average Bonchev–Trinajstić information content (AvgIpc) is 2.44. The van der Waals surface area contributed by atoms with E-state index in [1.54, 1.807) is 0 Å². The van der Waals surface area contributed by atoms with Crippen LogP contribution < -0.4 is 0 Å². The molecule has 3 nitrogen and oxygen atoms in total. The van der Waals surface area contributed by atoms with Crippen molar-refractivity contribution in [3.8, 4) is 0 Å². The van der Waals surface area contributed by atoms with Crippen LogP contribution in [0.25, 0.3) is 0 Å². The number of hydrogen-bond acceptors (Lipinski definition) is 2. The summed E-state index contributed by atoms with van der Waals surface area (Å²) in [5.74, 6) is 0.749. The first-order chi connectivity index (χ1) is 8.00. The quantitative estimate of drug-likeness (QED) is 0.739. The van der Waals surface area contributed by atoms with Gasteiger partial charge in [0.2, 0.25) is 0 Å². The molecule has 0 N–H and O–H groups in total. The second kappa shape index (κ2) is 4.51. The molecule has 2 heterocycles. The van der Waals surface area contributed by atoms with E-state index in [1.807, 2.05) is 4.90 Å². The zero-order chi connectivity index (χ0) is 12.6. The van der Waals surface area contributed by atoms with Gasteiger partial charge in [-0.1, -0.05) is 40.5 Å². The molecule has 0 aromatic carbocycles. The van der Waals surface area contributed by atoms with Gasteiger partial charge in [0.25, 0.3) is 0 Å². The SMILES string of the molecule is CC(C)C1(C(C)C)OC(=O)N2CCCCCC21. The Balaban J connectivity index is 2.36. The van der Waals surface area contributed by atoms with Gasteiger partial charge in [0.15, 0.2) is 0 Å². The van der Waals surface area contributed by atoms with Crippen molar-refractivity contribution >= 4 is 6.09 Å². The molecule has 98 valence electrons. The van der Waals surface area contributed by atoms with Crippen LogP contribution in [0.2, 0.25) is 0 Å². The van der Waals surface area contributed by atoms with Crippen molar-refractivity contribution in [1.82, 2.24) is 4.90 Å². The maximum atomic E-state index is 12.1. The van der Waals surface area contributed by atoms with Gasteiger partial charge in [0.05, 0.1) is 6.04 Å². The van der Waals surface area contributed by atoms with Gasteiger partial charge in [0.1, 0.15) is 5.60 Å². The number of hydrogen-bond donors (Lipinski definition) is 0. The van der Waals surface area contributed by atoms with E-state index in [4.69, 9.17) is 4.74 Å². The van der Waals surface area contributed by atoms with Crippen LogP contribution in [0.3, 0.4) is 0 Å². The molecule has 1 unspecified atom stereocenters. The fourth-order valence-electron chi connectivity index (χ4n) is 3.75. The van der Waals surface area contributed by atoms with Crippen molar-refractivity contribution in [2.24, 2.45) is 11.8 Å². The first-order valence-electron chi connectivity index (χ1n) is 6.99. The molecule has 0 aliphatic carbocycles. The van der Waals surface area contributed by atoms with Gasteiger partial charge in [-0.15, -0.1) is 0 Å². The van der Waals surface area contributed by atoms with Crippen LogP contribution in [0.1, 0.15) is 53.4 Å². The van der Waals surface area contributed by atoms with Gasteiger partial charge in [-0.25, -0.2) is 4.79 Å². The summed E-state index contributed by atoms with van der Waals surface area (Å²) < 4.78 is 5.86. The van der Waals surface area contributed by atoms with Gasteiger partial charge in [-0.3, -0.25) is 0 Å². The lowest BCUT2D eigenvalue weighted by atomic mass is 9.73. The largest absolute Gasteiger partial charge is 0.440 e. The molecule has 0 bridgehead atoms. The van der Waals surface area contributed by atoms with Gasteiger partial charge < -0.3 is 9.64 Å². The molecule has 2 aliphatic rings. The van der Waals surface area contributed by atoms with Gasteiger partial charge in [-0.2, -0.15) is 0 Å². The van der Waals surface area contributed by atoms with E-state index in [-0.39, 0.29) is 17.7 Å². The number of fused-ring (bicyclic) bond motifs is 1. The van der Waals surface area contributed by atoms with Crippen molar-refractivity contribution in [2.75, 3.05) is 6.54 Å². The molecule has 0 aromatic heterocycles. The summed E-state index contributed by atoms with van der Waals surface area (Å²) in [5.41, 5.74) is -0.276. The summed E-state index contributed by atoms with van der Waals surface area (Å²) in [5, 5.41) is 0. The monoisotopic (exact) mass is 239 g/mol. The van der Waals surface area contributed by atoms with Crippen LogP contribution in [-0.2, 0) is 4.74 Å². The van der Waals surface area contributed by atoms with Crippen LogP contribution >= 0.6 is 0 Å². The smallest absolute Gasteiger partial charge is 0.410 e. The minimum absolute atomic E-state index is 0.0840. The summed E-state index contributed by atoms with van der Waals surface area (Å²) in [6.45, 7) is 9.61. The van der Waals surface area contributed by atoms with E-state index >= 15 is 0 Å². The second-order valence-corrected chi connectivity index (χ2v) is 6.09. The maximum Gasteiger partial charge on any atom is 0.410 e. The van der Waals surface area contributed by atoms with Crippen molar-refractivity contribution in [1.29, 1.82) is 0 Å². The van der Waals surface area contributed by atoms with E-state index in [0.717, 1.165) is 19.4 Å². The first kappa shape index (κ1) is 12.7. The number of amides is 1. The van der Waals surface area contributed by atoms with Gasteiger partial charge in [-0.05, 0) is 24.7 Å². The third-order valence-corrected chi connectivity index (χ3v) is 4.58. The Morgan fingerprint density at radius 1 is 1.18 bits per heavy atom. The van der Waals surface area contributed by atoms with Crippen molar-refractivity contribution in [3.05, 3.63) is 0 Å². The highest BCUT2D eigenvalue weighted by atomic mass is 16.6. The lowest BCUT2D eigenvalue weighted by Gasteiger charge is -2.41. The highest BCUT2D eigenvalue weighted by Gasteiger charge is 2.57. The molecule has 2 rings (SSSR count). The Hall–Kier alpha value is -0.730. The highest BCUT2D eigenvalue weighted by Crippen LogP contribution is 2.44. The number of rotatable bonds is 2. The topological polar surface area (TPSA) is 29.5 Å². The van der Waals surface area contributed by atoms with E-state index in [9.17, 15) is 4.79 Å². The minimum Gasteiger partial charge on any atom is -0.440 e. The third-order valence-electron chi connectivity index (χ3n) is 4.58. The first-order valence-corrected chi connectivity index (χ1v) is 6.99.